The van der Waals surface area contributed by atoms with Gasteiger partial charge in [0.25, 0.3) is 0 Å². The first-order valence-electron chi connectivity index (χ1n) is 4.43. The molecule has 0 aliphatic heterocycles. The van der Waals surface area contributed by atoms with Crippen LogP contribution in [0.25, 0.3) is 0 Å². The second-order valence-electron chi connectivity index (χ2n) is 3.29. The van der Waals surface area contributed by atoms with Gasteiger partial charge in [-0.3, -0.25) is 4.98 Å². The van der Waals surface area contributed by atoms with Crippen LogP contribution in [0.2, 0.25) is 0 Å². The molecule has 1 aliphatic carbocycles. The minimum atomic E-state index is 0.875. The van der Waals surface area contributed by atoms with Crippen LogP contribution < -0.4 is 0 Å². The molecular weight excluding hydrogens is 214 g/mol. The van der Waals surface area contributed by atoms with Gasteiger partial charge in [-0.05, 0) is 42.9 Å². The number of fused-ring (bicyclic) bond motifs is 1. The second kappa shape index (κ2) is 3.56. The van der Waals surface area contributed by atoms with Crippen LogP contribution in [-0.4, -0.2) is 4.98 Å². The van der Waals surface area contributed by atoms with Crippen LogP contribution in [0.15, 0.2) is 12.3 Å². The molecule has 2 heteroatoms. The van der Waals surface area contributed by atoms with E-state index >= 15 is 0 Å². The molecule has 0 saturated carbocycles. The van der Waals surface area contributed by atoms with E-state index in [1.165, 1.54) is 36.8 Å². The molecule has 0 amide bonds. The fourth-order valence-corrected chi connectivity index (χ4v) is 2.04. The van der Waals surface area contributed by atoms with Crippen molar-refractivity contribution in [2.75, 3.05) is 0 Å². The molecule has 0 unspecified atom stereocenters. The molecule has 64 valence electrons. The molecule has 1 aromatic heterocycles. The molecule has 1 nitrogen and oxygen atoms in total. The average molecular weight is 226 g/mol. The van der Waals surface area contributed by atoms with Crippen LogP contribution >= 0.6 is 15.9 Å². The highest BCUT2D eigenvalue weighted by Crippen LogP contribution is 2.21. The Bertz CT molecular complexity index is 283. The van der Waals surface area contributed by atoms with Gasteiger partial charge in [-0.25, -0.2) is 0 Å². The Morgan fingerprint density at radius 2 is 2.00 bits per heavy atom. The van der Waals surface area contributed by atoms with Gasteiger partial charge in [0, 0.05) is 11.5 Å². The third-order valence-corrected chi connectivity index (χ3v) is 2.99. The van der Waals surface area contributed by atoms with Crippen molar-refractivity contribution in [2.24, 2.45) is 0 Å². The van der Waals surface area contributed by atoms with Gasteiger partial charge in [0.2, 0.25) is 0 Å². The van der Waals surface area contributed by atoms with E-state index in [4.69, 9.17) is 0 Å². The summed E-state index contributed by atoms with van der Waals surface area (Å²) < 4.78 is 0. The number of halogens is 1. The van der Waals surface area contributed by atoms with Gasteiger partial charge in [-0.2, -0.15) is 0 Å². The average Bonchev–Trinajstić information content (AvgIpc) is 2.17. The van der Waals surface area contributed by atoms with Crippen molar-refractivity contribution in [3.05, 3.63) is 29.1 Å². The van der Waals surface area contributed by atoms with Crippen LogP contribution in [0.4, 0.5) is 0 Å². The van der Waals surface area contributed by atoms with E-state index in [-0.39, 0.29) is 0 Å². The lowest BCUT2D eigenvalue weighted by atomic mass is 9.93. The molecule has 1 heterocycles. The number of pyridine rings is 1. The number of alkyl halides is 1. The van der Waals surface area contributed by atoms with Gasteiger partial charge in [-0.1, -0.05) is 15.9 Å². The molecule has 2 rings (SSSR count). The lowest BCUT2D eigenvalue weighted by Crippen LogP contribution is -2.04. The number of nitrogens with zero attached hydrogens (tertiary/aromatic N) is 1. The third kappa shape index (κ3) is 1.53. The summed E-state index contributed by atoms with van der Waals surface area (Å²) in [5.74, 6) is 0. The monoisotopic (exact) mass is 225 g/mol. The smallest absolute Gasteiger partial charge is 0.0512 e. The van der Waals surface area contributed by atoms with E-state index in [9.17, 15) is 0 Å². The standard InChI is InChI=1S/C10H12BrN/c11-6-10-5-8-3-1-2-4-9(8)7-12-10/h5,7H,1-4,6H2. The largest absolute Gasteiger partial charge is 0.260 e. The normalized spacial score (nSPS) is 15.8. The summed E-state index contributed by atoms with van der Waals surface area (Å²) >= 11 is 3.42. The van der Waals surface area contributed by atoms with Gasteiger partial charge in [0.1, 0.15) is 0 Å². The summed E-state index contributed by atoms with van der Waals surface area (Å²) in [6, 6.07) is 2.24. The minimum absolute atomic E-state index is 0.875. The van der Waals surface area contributed by atoms with Crippen LogP contribution in [-0.2, 0) is 18.2 Å². The highest BCUT2D eigenvalue weighted by atomic mass is 79.9. The first-order chi connectivity index (χ1) is 5.90. The van der Waals surface area contributed by atoms with Gasteiger partial charge in [0.05, 0.1) is 5.69 Å². The molecule has 0 saturated heterocycles. The Labute approximate surface area is 81.3 Å². The molecule has 1 aliphatic rings. The molecule has 0 N–H and O–H groups in total. The fraction of sp³-hybridized carbons (Fsp3) is 0.500. The van der Waals surface area contributed by atoms with Crippen molar-refractivity contribution in [1.82, 2.24) is 4.98 Å². The van der Waals surface area contributed by atoms with Crippen LogP contribution in [0.3, 0.4) is 0 Å². The molecule has 0 radical (unpaired) electrons. The highest BCUT2D eigenvalue weighted by molar-refractivity contribution is 9.08. The maximum absolute atomic E-state index is 4.36. The lowest BCUT2D eigenvalue weighted by Gasteiger charge is -2.15. The predicted molar refractivity (Wildman–Crippen MR) is 53.5 cm³/mol. The number of hydrogen-bond donors (Lipinski definition) is 0. The van der Waals surface area contributed by atoms with E-state index in [0.717, 1.165) is 11.0 Å². The zero-order chi connectivity index (χ0) is 8.39. The first-order valence-corrected chi connectivity index (χ1v) is 5.55. The summed E-state index contributed by atoms with van der Waals surface area (Å²) in [5, 5.41) is 0.875. The van der Waals surface area contributed by atoms with Gasteiger partial charge < -0.3 is 0 Å². The SMILES string of the molecule is BrCc1cc2c(cn1)CCCC2. The van der Waals surface area contributed by atoms with Crippen molar-refractivity contribution in [2.45, 2.75) is 31.0 Å². The van der Waals surface area contributed by atoms with Crippen LogP contribution in [0.1, 0.15) is 29.7 Å². The molecule has 1 aromatic rings. The van der Waals surface area contributed by atoms with Crippen molar-refractivity contribution in [1.29, 1.82) is 0 Å². The Morgan fingerprint density at radius 3 is 2.75 bits per heavy atom. The molecule has 0 aromatic carbocycles. The lowest BCUT2D eigenvalue weighted by molar-refractivity contribution is 0.680. The number of rotatable bonds is 1. The Hall–Kier alpha value is -0.370. The molecule has 0 atom stereocenters. The van der Waals surface area contributed by atoms with E-state index < -0.39 is 0 Å². The van der Waals surface area contributed by atoms with E-state index in [1.807, 2.05) is 6.20 Å². The highest BCUT2D eigenvalue weighted by Gasteiger charge is 2.09. The zero-order valence-corrected chi connectivity index (χ0v) is 8.60. The second-order valence-corrected chi connectivity index (χ2v) is 3.85. The van der Waals surface area contributed by atoms with E-state index in [1.54, 1.807) is 0 Å². The van der Waals surface area contributed by atoms with Crippen molar-refractivity contribution < 1.29 is 0 Å². The van der Waals surface area contributed by atoms with Gasteiger partial charge in [-0.15, -0.1) is 0 Å². The summed E-state index contributed by atoms with van der Waals surface area (Å²) in [6.45, 7) is 0. The Morgan fingerprint density at radius 1 is 1.25 bits per heavy atom. The van der Waals surface area contributed by atoms with E-state index in [0.29, 0.717) is 0 Å². The third-order valence-electron chi connectivity index (χ3n) is 2.42. The summed E-state index contributed by atoms with van der Waals surface area (Å²) in [4.78, 5) is 4.36. The summed E-state index contributed by atoms with van der Waals surface area (Å²) in [7, 11) is 0. The maximum Gasteiger partial charge on any atom is 0.0512 e. The topological polar surface area (TPSA) is 12.9 Å². The fourth-order valence-electron chi connectivity index (χ4n) is 1.74. The predicted octanol–water partition coefficient (Wildman–Crippen LogP) is 2.86. The molecule has 0 bridgehead atoms. The van der Waals surface area contributed by atoms with E-state index in [2.05, 4.69) is 27.0 Å². The quantitative estimate of drug-likeness (QED) is 0.671. The van der Waals surface area contributed by atoms with Crippen LogP contribution in [0.5, 0.6) is 0 Å². The van der Waals surface area contributed by atoms with Crippen molar-refractivity contribution in [3.8, 4) is 0 Å². The Kier molecular flexibility index (Phi) is 2.45. The summed E-state index contributed by atoms with van der Waals surface area (Å²) in [5.41, 5.74) is 4.15. The number of hydrogen-bond acceptors (Lipinski definition) is 1. The minimum Gasteiger partial charge on any atom is -0.260 e. The number of aromatic nitrogens is 1. The molecular formula is C10H12BrN. The molecule has 0 fully saturated rings. The molecule has 0 spiro atoms. The van der Waals surface area contributed by atoms with Crippen molar-refractivity contribution in [3.63, 3.8) is 0 Å². The Balaban J connectivity index is 2.36. The zero-order valence-electron chi connectivity index (χ0n) is 7.02. The van der Waals surface area contributed by atoms with Crippen molar-refractivity contribution >= 4 is 15.9 Å². The summed E-state index contributed by atoms with van der Waals surface area (Å²) in [6.07, 6.45) is 7.20. The van der Waals surface area contributed by atoms with Gasteiger partial charge in [0.15, 0.2) is 0 Å². The number of aryl methyl sites for hydroxylation is 2. The van der Waals surface area contributed by atoms with Crippen LogP contribution in [0, 0.1) is 0 Å². The van der Waals surface area contributed by atoms with Gasteiger partial charge >= 0.3 is 0 Å². The maximum atomic E-state index is 4.36. The first kappa shape index (κ1) is 8.24. The molecule has 12 heavy (non-hydrogen) atoms.